The Morgan fingerprint density at radius 2 is 1.63 bits per heavy atom. The second-order valence-corrected chi connectivity index (χ2v) is 6.23. The van der Waals surface area contributed by atoms with Gasteiger partial charge in [0.15, 0.2) is 9.84 Å². The number of hydrogen-bond acceptors (Lipinski definition) is 3. The van der Waals surface area contributed by atoms with Crippen molar-refractivity contribution in [3.05, 3.63) is 59.7 Å². The number of sulfone groups is 1. The Bertz CT molecular complexity index is 704. The van der Waals surface area contributed by atoms with Gasteiger partial charge in [-0.3, -0.25) is 0 Å². The van der Waals surface area contributed by atoms with Crippen LogP contribution in [0.1, 0.15) is 11.1 Å². The van der Waals surface area contributed by atoms with E-state index in [0.717, 1.165) is 5.56 Å². The average Bonchev–Trinajstić information content (AvgIpc) is 2.36. The Labute approximate surface area is 113 Å². The number of hydrogen-bond donors (Lipinski definition) is 1. The normalized spacial score (nSPS) is 11.8. The summed E-state index contributed by atoms with van der Waals surface area (Å²) in [4.78, 5) is 0.183. The molecule has 3 nitrogen and oxygen atoms in total. The van der Waals surface area contributed by atoms with Crippen molar-refractivity contribution in [1.29, 1.82) is 0 Å². The Morgan fingerprint density at radius 1 is 0.947 bits per heavy atom. The molecule has 0 aliphatic rings. The van der Waals surface area contributed by atoms with Gasteiger partial charge in [0.25, 0.3) is 0 Å². The third-order valence-electron chi connectivity index (χ3n) is 2.70. The zero-order chi connectivity index (χ0) is 13.9. The molecule has 2 rings (SSSR count). The fraction of sp³-hybridized carbons (Fsp3) is 0.0667. The molecule has 0 fully saturated rings. The Hall–Kier alpha value is -2.07. The molecule has 4 heteroatoms. The first-order valence-corrected chi connectivity index (χ1v) is 7.69. The van der Waals surface area contributed by atoms with E-state index < -0.39 is 9.84 Å². The molecule has 98 valence electrons. The summed E-state index contributed by atoms with van der Waals surface area (Å²) in [6, 6.07) is 14.8. The predicted octanol–water partition coefficient (Wildman–Crippen LogP) is 2.84. The second-order valence-electron chi connectivity index (χ2n) is 4.28. The number of rotatable bonds is 3. The molecule has 2 N–H and O–H groups in total. The zero-order valence-electron chi connectivity index (χ0n) is 10.6. The van der Waals surface area contributed by atoms with Crippen molar-refractivity contribution in [3.63, 3.8) is 0 Å². The summed E-state index contributed by atoms with van der Waals surface area (Å²) in [6.07, 6.45) is 4.80. The van der Waals surface area contributed by atoms with Crippen LogP contribution >= 0.6 is 0 Å². The lowest BCUT2D eigenvalue weighted by atomic mass is 10.1. The maximum atomic E-state index is 11.8. The van der Waals surface area contributed by atoms with Gasteiger partial charge in [-0.2, -0.15) is 0 Å². The van der Waals surface area contributed by atoms with Crippen LogP contribution in [0.15, 0.2) is 53.4 Å². The van der Waals surface area contributed by atoms with Gasteiger partial charge in [-0.15, -0.1) is 0 Å². The van der Waals surface area contributed by atoms with Gasteiger partial charge < -0.3 is 5.73 Å². The van der Waals surface area contributed by atoms with Crippen LogP contribution in [-0.4, -0.2) is 14.7 Å². The van der Waals surface area contributed by atoms with Crippen LogP contribution in [0.3, 0.4) is 0 Å². The van der Waals surface area contributed by atoms with Gasteiger partial charge in [0, 0.05) is 6.26 Å². The van der Waals surface area contributed by atoms with E-state index in [9.17, 15) is 8.42 Å². The van der Waals surface area contributed by atoms with Gasteiger partial charge >= 0.3 is 0 Å². The molecule has 19 heavy (non-hydrogen) atoms. The summed E-state index contributed by atoms with van der Waals surface area (Å²) in [7, 11) is -3.34. The molecule has 0 spiro atoms. The van der Waals surface area contributed by atoms with Crippen molar-refractivity contribution in [1.82, 2.24) is 0 Å². The first kappa shape index (κ1) is 13.4. The van der Waals surface area contributed by atoms with Crippen molar-refractivity contribution in [2.24, 2.45) is 0 Å². The standard InChI is InChI=1S/C15H15NO2S/c1-19(17,18)15-13(8-5-9-14(15)16)11-10-12-6-3-2-4-7-12/h2-11H,16H2,1H3. The maximum Gasteiger partial charge on any atom is 0.178 e. The Morgan fingerprint density at radius 3 is 2.26 bits per heavy atom. The van der Waals surface area contributed by atoms with E-state index in [2.05, 4.69) is 0 Å². The lowest BCUT2D eigenvalue weighted by Gasteiger charge is -2.07. The smallest absolute Gasteiger partial charge is 0.178 e. The molecule has 2 aromatic rings. The van der Waals surface area contributed by atoms with Gasteiger partial charge in [-0.05, 0) is 17.2 Å². The van der Waals surface area contributed by atoms with E-state index in [4.69, 9.17) is 5.73 Å². The Balaban J connectivity index is 2.47. The third-order valence-corrected chi connectivity index (χ3v) is 3.91. The summed E-state index contributed by atoms with van der Waals surface area (Å²) < 4.78 is 23.5. The first-order valence-electron chi connectivity index (χ1n) is 5.80. The van der Waals surface area contributed by atoms with Crippen molar-refractivity contribution in [2.75, 3.05) is 12.0 Å². The van der Waals surface area contributed by atoms with Crippen molar-refractivity contribution in [3.8, 4) is 0 Å². The zero-order valence-corrected chi connectivity index (χ0v) is 11.4. The number of nitrogens with two attached hydrogens (primary N) is 1. The van der Waals surface area contributed by atoms with E-state index in [0.29, 0.717) is 5.56 Å². The van der Waals surface area contributed by atoms with Crippen LogP contribution in [-0.2, 0) is 9.84 Å². The summed E-state index contributed by atoms with van der Waals surface area (Å²) in [5.41, 5.74) is 7.65. The Kier molecular flexibility index (Phi) is 3.71. The summed E-state index contributed by atoms with van der Waals surface area (Å²) in [5, 5.41) is 0. The minimum Gasteiger partial charge on any atom is -0.398 e. The monoisotopic (exact) mass is 273 g/mol. The maximum absolute atomic E-state index is 11.8. The molecule has 0 amide bonds. The molecular weight excluding hydrogens is 258 g/mol. The molecule has 2 aromatic carbocycles. The van der Waals surface area contributed by atoms with Gasteiger partial charge in [0.2, 0.25) is 0 Å². The molecule has 0 saturated carbocycles. The van der Waals surface area contributed by atoms with Crippen LogP contribution in [0.5, 0.6) is 0 Å². The first-order chi connectivity index (χ1) is 8.98. The van der Waals surface area contributed by atoms with Crippen LogP contribution in [0, 0.1) is 0 Å². The SMILES string of the molecule is CS(=O)(=O)c1c(N)cccc1C=Cc1ccccc1. The minimum absolute atomic E-state index is 0.183. The van der Waals surface area contributed by atoms with Crippen molar-refractivity contribution >= 4 is 27.7 Å². The molecule has 0 radical (unpaired) electrons. The third kappa shape index (κ3) is 3.23. The van der Waals surface area contributed by atoms with Crippen molar-refractivity contribution < 1.29 is 8.42 Å². The second kappa shape index (κ2) is 5.28. The van der Waals surface area contributed by atoms with Gasteiger partial charge in [0.05, 0.1) is 10.6 Å². The topological polar surface area (TPSA) is 60.2 Å². The summed E-state index contributed by atoms with van der Waals surface area (Å²) in [6.45, 7) is 0. The molecule has 0 atom stereocenters. The summed E-state index contributed by atoms with van der Waals surface area (Å²) >= 11 is 0. The molecule has 0 aromatic heterocycles. The highest BCUT2D eigenvalue weighted by Gasteiger charge is 2.14. The number of anilines is 1. The highest BCUT2D eigenvalue weighted by molar-refractivity contribution is 7.91. The number of nitrogen functional groups attached to an aromatic ring is 1. The van der Waals surface area contributed by atoms with Crippen LogP contribution in [0.2, 0.25) is 0 Å². The van der Waals surface area contributed by atoms with E-state index in [1.165, 1.54) is 6.26 Å². The van der Waals surface area contributed by atoms with Gasteiger partial charge in [0.1, 0.15) is 0 Å². The molecule has 0 heterocycles. The largest absolute Gasteiger partial charge is 0.398 e. The highest BCUT2D eigenvalue weighted by Crippen LogP contribution is 2.24. The van der Waals surface area contributed by atoms with Crippen LogP contribution in [0.4, 0.5) is 5.69 Å². The fourth-order valence-electron chi connectivity index (χ4n) is 1.88. The van der Waals surface area contributed by atoms with Gasteiger partial charge in [-0.25, -0.2) is 8.42 Å². The van der Waals surface area contributed by atoms with E-state index in [1.807, 2.05) is 36.4 Å². The van der Waals surface area contributed by atoms with Crippen LogP contribution < -0.4 is 5.73 Å². The molecular formula is C15H15NO2S. The van der Waals surface area contributed by atoms with E-state index >= 15 is 0 Å². The highest BCUT2D eigenvalue weighted by atomic mass is 32.2. The molecule has 0 aliphatic heterocycles. The molecule has 0 bridgehead atoms. The molecule has 0 unspecified atom stereocenters. The lowest BCUT2D eigenvalue weighted by Crippen LogP contribution is -2.04. The fourth-order valence-corrected chi connectivity index (χ4v) is 2.94. The van der Waals surface area contributed by atoms with Gasteiger partial charge in [-0.1, -0.05) is 54.6 Å². The van der Waals surface area contributed by atoms with E-state index in [1.54, 1.807) is 24.3 Å². The number of benzene rings is 2. The average molecular weight is 273 g/mol. The predicted molar refractivity (Wildman–Crippen MR) is 79.3 cm³/mol. The van der Waals surface area contributed by atoms with E-state index in [-0.39, 0.29) is 10.6 Å². The van der Waals surface area contributed by atoms with Crippen LogP contribution in [0.25, 0.3) is 12.2 Å². The molecule has 0 saturated heterocycles. The quantitative estimate of drug-likeness (QED) is 0.691. The lowest BCUT2D eigenvalue weighted by molar-refractivity contribution is 0.602. The van der Waals surface area contributed by atoms with Crippen molar-refractivity contribution in [2.45, 2.75) is 4.90 Å². The minimum atomic E-state index is -3.34. The molecule has 0 aliphatic carbocycles. The summed E-state index contributed by atoms with van der Waals surface area (Å²) in [5.74, 6) is 0.